The van der Waals surface area contributed by atoms with E-state index in [1.165, 1.54) is 14.0 Å². The van der Waals surface area contributed by atoms with E-state index in [1.807, 2.05) is 0 Å². The summed E-state index contributed by atoms with van der Waals surface area (Å²) in [5, 5.41) is 27.0. The maximum Gasteiger partial charge on any atom is 0.336 e. The van der Waals surface area contributed by atoms with Crippen LogP contribution in [0.1, 0.15) is 6.92 Å². The number of carbonyl (C=O) groups is 1. The lowest BCUT2D eigenvalue weighted by atomic mass is 10.1. The van der Waals surface area contributed by atoms with Gasteiger partial charge in [0.25, 0.3) is 0 Å². The Labute approximate surface area is 89.1 Å². The van der Waals surface area contributed by atoms with Gasteiger partial charge in [-0.2, -0.15) is 0 Å². The van der Waals surface area contributed by atoms with Gasteiger partial charge in [0.2, 0.25) is 0 Å². The van der Waals surface area contributed by atoms with Crippen molar-refractivity contribution in [3.8, 4) is 0 Å². The minimum Gasteiger partial charge on any atom is -0.479 e. The zero-order chi connectivity index (χ0) is 11.9. The van der Waals surface area contributed by atoms with Crippen molar-refractivity contribution in [1.29, 1.82) is 0 Å². The second-order valence-corrected chi connectivity index (χ2v) is 3.57. The molecule has 90 valence electrons. The first kappa shape index (κ1) is 14.3. The number of hydrogen-bond donors (Lipinski definition) is 3. The maximum absolute atomic E-state index is 10.7. The van der Waals surface area contributed by atoms with Crippen LogP contribution in [0.15, 0.2) is 0 Å². The van der Waals surface area contributed by atoms with Gasteiger partial charge in [0.1, 0.15) is 0 Å². The first-order valence-corrected chi connectivity index (χ1v) is 4.72. The van der Waals surface area contributed by atoms with Crippen LogP contribution in [-0.2, 0) is 9.53 Å². The van der Waals surface area contributed by atoms with Gasteiger partial charge in [0.05, 0.1) is 13.2 Å². The molecular formula is C9H19NO5. The smallest absolute Gasteiger partial charge is 0.336 e. The third-order valence-electron chi connectivity index (χ3n) is 2.02. The molecule has 0 bridgehead atoms. The Morgan fingerprint density at radius 1 is 1.47 bits per heavy atom. The summed E-state index contributed by atoms with van der Waals surface area (Å²) in [5.74, 6) is -1.28. The molecule has 0 spiro atoms. The molecule has 6 heteroatoms. The van der Waals surface area contributed by atoms with Gasteiger partial charge in [-0.15, -0.1) is 0 Å². The molecule has 0 saturated heterocycles. The molecule has 0 aromatic carbocycles. The summed E-state index contributed by atoms with van der Waals surface area (Å²) in [5.41, 5.74) is -1.80. The van der Waals surface area contributed by atoms with Crippen LogP contribution >= 0.6 is 0 Å². The summed E-state index contributed by atoms with van der Waals surface area (Å²) >= 11 is 0. The van der Waals surface area contributed by atoms with Crippen LogP contribution in [0.5, 0.6) is 0 Å². The van der Waals surface area contributed by atoms with Crippen molar-refractivity contribution >= 4 is 5.97 Å². The number of rotatable bonds is 8. The van der Waals surface area contributed by atoms with Gasteiger partial charge in [-0.05, 0) is 6.92 Å². The monoisotopic (exact) mass is 221 g/mol. The predicted octanol–water partition coefficient (Wildman–Crippen LogP) is -1.24. The van der Waals surface area contributed by atoms with Crippen molar-refractivity contribution < 1.29 is 24.9 Å². The van der Waals surface area contributed by atoms with E-state index < -0.39 is 11.6 Å². The first-order chi connectivity index (χ1) is 6.94. The van der Waals surface area contributed by atoms with E-state index >= 15 is 0 Å². The van der Waals surface area contributed by atoms with E-state index in [1.54, 1.807) is 4.90 Å². The molecule has 0 aliphatic rings. The number of aliphatic carboxylic acids is 1. The lowest BCUT2D eigenvalue weighted by molar-refractivity contribution is -0.158. The van der Waals surface area contributed by atoms with Crippen molar-refractivity contribution in [2.24, 2.45) is 0 Å². The van der Waals surface area contributed by atoms with E-state index in [0.717, 1.165) is 0 Å². The van der Waals surface area contributed by atoms with Gasteiger partial charge in [0, 0.05) is 26.7 Å². The Hall–Kier alpha value is -0.690. The Morgan fingerprint density at radius 2 is 2.07 bits per heavy atom. The summed E-state index contributed by atoms with van der Waals surface area (Å²) in [7, 11) is 1.53. The number of hydrogen-bond acceptors (Lipinski definition) is 5. The highest BCUT2D eigenvalue weighted by Crippen LogP contribution is 2.06. The Morgan fingerprint density at radius 3 is 2.47 bits per heavy atom. The molecule has 15 heavy (non-hydrogen) atoms. The molecule has 0 aliphatic heterocycles. The first-order valence-electron chi connectivity index (χ1n) is 4.72. The van der Waals surface area contributed by atoms with E-state index in [4.69, 9.17) is 14.9 Å². The van der Waals surface area contributed by atoms with E-state index in [0.29, 0.717) is 19.7 Å². The summed E-state index contributed by atoms with van der Waals surface area (Å²) in [4.78, 5) is 12.3. The molecule has 1 atom stereocenters. The van der Waals surface area contributed by atoms with E-state index in [-0.39, 0.29) is 13.2 Å². The highest BCUT2D eigenvalue weighted by molar-refractivity contribution is 5.76. The topological polar surface area (TPSA) is 90.2 Å². The fourth-order valence-electron chi connectivity index (χ4n) is 1.13. The van der Waals surface area contributed by atoms with Crippen LogP contribution < -0.4 is 0 Å². The van der Waals surface area contributed by atoms with E-state index in [9.17, 15) is 9.90 Å². The Bertz CT molecular complexity index is 195. The normalized spacial score (nSPS) is 15.3. The van der Waals surface area contributed by atoms with Gasteiger partial charge in [-0.1, -0.05) is 0 Å². The van der Waals surface area contributed by atoms with Crippen LogP contribution in [0, 0.1) is 0 Å². The third kappa shape index (κ3) is 5.68. The number of ether oxygens (including phenoxy) is 1. The highest BCUT2D eigenvalue weighted by atomic mass is 16.5. The molecule has 0 aliphatic carbocycles. The number of carboxylic acid groups (broad SMARTS) is 1. The van der Waals surface area contributed by atoms with Gasteiger partial charge in [-0.25, -0.2) is 4.79 Å². The van der Waals surface area contributed by atoms with Crippen molar-refractivity contribution in [2.75, 3.05) is 40.0 Å². The standard InChI is InChI=1S/C9H19NO5/c1-9(14,8(12)13)7-10(3-5-11)4-6-15-2/h11,14H,3-7H2,1-2H3,(H,12,13). The molecule has 0 heterocycles. The number of carboxylic acids is 1. The third-order valence-corrected chi connectivity index (χ3v) is 2.02. The molecule has 1 unspecified atom stereocenters. The van der Waals surface area contributed by atoms with Crippen LogP contribution in [0.4, 0.5) is 0 Å². The van der Waals surface area contributed by atoms with Gasteiger partial charge < -0.3 is 20.1 Å². The second-order valence-electron chi connectivity index (χ2n) is 3.57. The quantitative estimate of drug-likeness (QED) is 0.475. The summed E-state index contributed by atoms with van der Waals surface area (Å²) in [6, 6.07) is 0. The molecule has 0 fully saturated rings. The fraction of sp³-hybridized carbons (Fsp3) is 0.889. The zero-order valence-electron chi connectivity index (χ0n) is 9.14. The van der Waals surface area contributed by atoms with Crippen LogP contribution in [0.25, 0.3) is 0 Å². The highest BCUT2D eigenvalue weighted by Gasteiger charge is 2.31. The average Bonchev–Trinajstić information content (AvgIpc) is 2.14. The minimum absolute atomic E-state index is 0.0355. The SMILES string of the molecule is COCCN(CCO)CC(C)(O)C(=O)O. The zero-order valence-corrected chi connectivity index (χ0v) is 9.14. The van der Waals surface area contributed by atoms with Gasteiger partial charge >= 0.3 is 5.97 Å². The summed E-state index contributed by atoms with van der Waals surface area (Å²) in [6.45, 7) is 2.32. The predicted molar refractivity (Wildman–Crippen MR) is 53.7 cm³/mol. The Kier molecular flexibility index (Phi) is 6.42. The molecule has 0 aromatic heterocycles. The van der Waals surface area contributed by atoms with Crippen LogP contribution in [-0.4, -0.2) is 71.7 Å². The molecular weight excluding hydrogens is 202 g/mol. The molecule has 6 nitrogen and oxygen atoms in total. The summed E-state index contributed by atoms with van der Waals surface area (Å²) in [6.07, 6.45) is 0. The summed E-state index contributed by atoms with van der Waals surface area (Å²) < 4.78 is 4.84. The van der Waals surface area contributed by atoms with Crippen molar-refractivity contribution in [1.82, 2.24) is 4.90 Å². The molecule has 3 N–H and O–H groups in total. The van der Waals surface area contributed by atoms with Gasteiger partial charge in [-0.3, -0.25) is 4.90 Å². The lowest BCUT2D eigenvalue weighted by Gasteiger charge is -2.27. The van der Waals surface area contributed by atoms with Crippen LogP contribution in [0.3, 0.4) is 0 Å². The lowest BCUT2D eigenvalue weighted by Crippen LogP contribution is -2.48. The number of methoxy groups -OCH3 is 1. The molecule has 0 amide bonds. The van der Waals surface area contributed by atoms with E-state index in [2.05, 4.69) is 0 Å². The number of aliphatic hydroxyl groups is 2. The second kappa shape index (κ2) is 6.73. The molecule has 0 rings (SSSR count). The maximum atomic E-state index is 10.7. The largest absolute Gasteiger partial charge is 0.479 e. The van der Waals surface area contributed by atoms with Crippen molar-refractivity contribution in [3.63, 3.8) is 0 Å². The van der Waals surface area contributed by atoms with Crippen molar-refractivity contribution in [2.45, 2.75) is 12.5 Å². The molecule has 0 saturated carbocycles. The Balaban J connectivity index is 4.19. The number of nitrogens with zero attached hydrogens (tertiary/aromatic N) is 1. The molecule has 0 aromatic rings. The van der Waals surface area contributed by atoms with Gasteiger partial charge in [0.15, 0.2) is 5.60 Å². The average molecular weight is 221 g/mol. The minimum atomic E-state index is -1.80. The number of aliphatic hydroxyl groups excluding tert-OH is 1. The van der Waals surface area contributed by atoms with Crippen LogP contribution in [0.2, 0.25) is 0 Å². The fourth-order valence-corrected chi connectivity index (χ4v) is 1.13. The molecule has 0 radical (unpaired) electrons. The van der Waals surface area contributed by atoms with Crippen molar-refractivity contribution in [3.05, 3.63) is 0 Å².